The fourth-order valence-electron chi connectivity index (χ4n) is 1.41. The standard InChI is InChI=1S/C15H20O/c1-3-4-6-11-15(16-2)13-12-14-9-7-5-8-10-14/h5,7-13H,3-4,6H2,1-2H3/b13-12+,15-11-. The quantitative estimate of drug-likeness (QED) is 0.388. The summed E-state index contributed by atoms with van der Waals surface area (Å²) in [6.45, 7) is 2.19. The van der Waals surface area contributed by atoms with Crippen LogP contribution in [0.1, 0.15) is 31.7 Å². The van der Waals surface area contributed by atoms with Crippen molar-refractivity contribution in [2.75, 3.05) is 7.11 Å². The summed E-state index contributed by atoms with van der Waals surface area (Å²) in [6, 6.07) is 10.2. The monoisotopic (exact) mass is 216 g/mol. The number of hydrogen-bond donors (Lipinski definition) is 0. The van der Waals surface area contributed by atoms with Crippen molar-refractivity contribution in [3.63, 3.8) is 0 Å². The predicted molar refractivity (Wildman–Crippen MR) is 70.1 cm³/mol. The third kappa shape index (κ3) is 4.83. The van der Waals surface area contributed by atoms with E-state index < -0.39 is 0 Å². The van der Waals surface area contributed by atoms with E-state index in [0.29, 0.717) is 0 Å². The van der Waals surface area contributed by atoms with E-state index in [1.807, 2.05) is 24.3 Å². The highest BCUT2D eigenvalue weighted by molar-refractivity contribution is 5.51. The van der Waals surface area contributed by atoms with Crippen LogP contribution in [0.4, 0.5) is 0 Å². The Morgan fingerprint density at radius 3 is 2.62 bits per heavy atom. The maximum atomic E-state index is 5.29. The first kappa shape index (κ1) is 12.6. The van der Waals surface area contributed by atoms with E-state index in [0.717, 1.165) is 12.2 Å². The fourth-order valence-corrected chi connectivity index (χ4v) is 1.41. The third-order valence-electron chi connectivity index (χ3n) is 2.38. The number of allylic oxidation sites excluding steroid dienone is 2. The smallest absolute Gasteiger partial charge is 0.114 e. The summed E-state index contributed by atoms with van der Waals surface area (Å²) in [5, 5.41) is 0. The second-order valence-electron chi connectivity index (χ2n) is 3.70. The van der Waals surface area contributed by atoms with Gasteiger partial charge < -0.3 is 4.74 Å². The maximum Gasteiger partial charge on any atom is 0.114 e. The van der Waals surface area contributed by atoms with Crippen LogP contribution in [0.15, 0.2) is 48.2 Å². The Labute approximate surface area is 98.5 Å². The van der Waals surface area contributed by atoms with Crippen LogP contribution in [-0.4, -0.2) is 7.11 Å². The number of methoxy groups -OCH3 is 1. The van der Waals surface area contributed by atoms with Gasteiger partial charge in [-0.25, -0.2) is 0 Å². The molecule has 0 N–H and O–H groups in total. The highest BCUT2D eigenvalue weighted by Crippen LogP contribution is 2.07. The molecule has 0 saturated carbocycles. The molecule has 1 aromatic rings. The molecule has 0 aromatic heterocycles. The second kappa shape index (κ2) is 7.75. The van der Waals surface area contributed by atoms with E-state index >= 15 is 0 Å². The lowest BCUT2D eigenvalue weighted by atomic mass is 10.2. The van der Waals surface area contributed by atoms with E-state index in [4.69, 9.17) is 4.74 Å². The molecule has 0 spiro atoms. The van der Waals surface area contributed by atoms with Gasteiger partial charge in [0.15, 0.2) is 0 Å². The third-order valence-corrected chi connectivity index (χ3v) is 2.38. The second-order valence-corrected chi connectivity index (χ2v) is 3.70. The Morgan fingerprint density at radius 1 is 1.25 bits per heavy atom. The van der Waals surface area contributed by atoms with Gasteiger partial charge in [0.05, 0.1) is 7.11 Å². The zero-order chi connectivity index (χ0) is 11.6. The maximum absolute atomic E-state index is 5.29. The molecule has 0 saturated heterocycles. The number of hydrogen-bond acceptors (Lipinski definition) is 1. The summed E-state index contributed by atoms with van der Waals surface area (Å²) in [6.07, 6.45) is 9.75. The van der Waals surface area contributed by atoms with Crippen LogP contribution in [0.5, 0.6) is 0 Å². The Kier molecular flexibility index (Phi) is 6.09. The molecule has 0 heterocycles. The molecule has 0 atom stereocenters. The molecule has 1 heteroatoms. The Bertz CT molecular complexity index is 336. The molecule has 0 aliphatic rings. The molecule has 0 fully saturated rings. The van der Waals surface area contributed by atoms with Gasteiger partial charge in [-0.1, -0.05) is 49.8 Å². The van der Waals surface area contributed by atoms with Crippen LogP contribution in [0.3, 0.4) is 0 Å². The molecule has 1 rings (SSSR count). The van der Waals surface area contributed by atoms with E-state index in [2.05, 4.69) is 31.2 Å². The molecule has 0 bridgehead atoms. The van der Waals surface area contributed by atoms with Crippen LogP contribution in [-0.2, 0) is 4.74 Å². The first-order valence-electron chi connectivity index (χ1n) is 5.84. The van der Waals surface area contributed by atoms with Crippen molar-refractivity contribution < 1.29 is 4.74 Å². The predicted octanol–water partition coefficient (Wildman–Crippen LogP) is 4.42. The highest BCUT2D eigenvalue weighted by Gasteiger charge is 1.90. The van der Waals surface area contributed by atoms with Crippen LogP contribution >= 0.6 is 0 Å². The van der Waals surface area contributed by atoms with Gasteiger partial charge in [-0.05, 0) is 30.6 Å². The molecule has 0 unspecified atom stereocenters. The van der Waals surface area contributed by atoms with E-state index in [1.54, 1.807) is 7.11 Å². The zero-order valence-electron chi connectivity index (χ0n) is 10.1. The van der Waals surface area contributed by atoms with E-state index in [-0.39, 0.29) is 0 Å². The molecule has 0 radical (unpaired) electrons. The Morgan fingerprint density at radius 2 is 2.00 bits per heavy atom. The van der Waals surface area contributed by atoms with Crippen molar-refractivity contribution in [3.05, 3.63) is 53.8 Å². The van der Waals surface area contributed by atoms with Crippen LogP contribution in [0.25, 0.3) is 6.08 Å². The molecular weight excluding hydrogens is 196 g/mol. The average molecular weight is 216 g/mol. The topological polar surface area (TPSA) is 9.23 Å². The molecule has 0 aliphatic heterocycles. The van der Waals surface area contributed by atoms with Crippen molar-refractivity contribution in [2.24, 2.45) is 0 Å². The number of unbranched alkanes of at least 4 members (excludes halogenated alkanes) is 2. The van der Waals surface area contributed by atoms with Gasteiger partial charge in [-0.15, -0.1) is 0 Å². The first-order chi connectivity index (χ1) is 7.86. The Hall–Kier alpha value is -1.50. The summed E-state index contributed by atoms with van der Waals surface area (Å²) < 4.78 is 5.29. The molecule has 0 aliphatic carbocycles. The van der Waals surface area contributed by atoms with Gasteiger partial charge in [0.2, 0.25) is 0 Å². The van der Waals surface area contributed by atoms with Crippen molar-refractivity contribution >= 4 is 6.08 Å². The van der Waals surface area contributed by atoms with Gasteiger partial charge in [0.25, 0.3) is 0 Å². The van der Waals surface area contributed by atoms with Gasteiger partial charge in [-0.3, -0.25) is 0 Å². The van der Waals surface area contributed by atoms with Crippen molar-refractivity contribution in [3.8, 4) is 0 Å². The van der Waals surface area contributed by atoms with Crippen LogP contribution in [0, 0.1) is 0 Å². The minimum atomic E-state index is 0.942. The summed E-state index contributed by atoms with van der Waals surface area (Å²) >= 11 is 0. The summed E-state index contributed by atoms with van der Waals surface area (Å²) in [5.41, 5.74) is 1.20. The average Bonchev–Trinajstić information content (AvgIpc) is 2.35. The number of ether oxygens (including phenoxy) is 1. The lowest BCUT2D eigenvalue weighted by Gasteiger charge is -2.00. The van der Waals surface area contributed by atoms with Gasteiger partial charge in [0.1, 0.15) is 5.76 Å². The summed E-state index contributed by atoms with van der Waals surface area (Å²) in [7, 11) is 1.72. The SMILES string of the molecule is CCCC/C=C(/C=C/c1ccccc1)OC. The van der Waals surface area contributed by atoms with E-state index in [1.165, 1.54) is 18.4 Å². The fraction of sp³-hybridized carbons (Fsp3) is 0.333. The van der Waals surface area contributed by atoms with Crippen molar-refractivity contribution in [2.45, 2.75) is 26.2 Å². The normalized spacial score (nSPS) is 12.0. The molecule has 1 aromatic carbocycles. The number of benzene rings is 1. The zero-order valence-corrected chi connectivity index (χ0v) is 10.1. The molecular formula is C15H20O. The first-order valence-corrected chi connectivity index (χ1v) is 5.84. The molecule has 16 heavy (non-hydrogen) atoms. The molecule has 0 amide bonds. The van der Waals surface area contributed by atoms with Gasteiger partial charge in [0, 0.05) is 0 Å². The molecule has 1 nitrogen and oxygen atoms in total. The molecule has 86 valence electrons. The Balaban J connectivity index is 2.56. The lowest BCUT2D eigenvalue weighted by Crippen LogP contribution is -1.82. The minimum absolute atomic E-state index is 0.942. The van der Waals surface area contributed by atoms with Gasteiger partial charge >= 0.3 is 0 Å². The van der Waals surface area contributed by atoms with Crippen molar-refractivity contribution in [1.29, 1.82) is 0 Å². The largest absolute Gasteiger partial charge is 0.497 e. The summed E-state index contributed by atoms with van der Waals surface area (Å²) in [4.78, 5) is 0. The van der Waals surface area contributed by atoms with Crippen LogP contribution < -0.4 is 0 Å². The van der Waals surface area contributed by atoms with Crippen molar-refractivity contribution in [1.82, 2.24) is 0 Å². The summed E-state index contributed by atoms with van der Waals surface area (Å²) in [5.74, 6) is 0.942. The number of rotatable bonds is 6. The minimum Gasteiger partial charge on any atom is -0.497 e. The van der Waals surface area contributed by atoms with E-state index in [9.17, 15) is 0 Å². The lowest BCUT2D eigenvalue weighted by molar-refractivity contribution is 0.305. The van der Waals surface area contributed by atoms with Crippen LogP contribution in [0.2, 0.25) is 0 Å². The van der Waals surface area contributed by atoms with Gasteiger partial charge in [-0.2, -0.15) is 0 Å². The highest BCUT2D eigenvalue weighted by atomic mass is 16.5.